The van der Waals surface area contributed by atoms with Crippen molar-refractivity contribution in [3.8, 4) is 5.75 Å². The molecule has 2 aromatic rings. The van der Waals surface area contributed by atoms with E-state index in [4.69, 9.17) is 10.5 Å². The summed E-state index contributed by atoms with van der Waals surface area (Å²) in [5.74, 6) is 0.857. The van der Waals surface area contributed by atoms with Gasteiger partial charge in [-0.3, -0.25) is 0 Å². The van der Waals surface area contributed by atoms with Crippen molar-refractivity contribution in [2.24, 2.45) is 12.8 Å². The molecule has 0 spiro atoms. The van der Waals surface area contributed by atoms with Crippen LogP contribution in [-0.4, -0.2) is 27.9 Å². The SMILES string of the molecule is CCC(N)C(Sc1nncn1C)c1ccccc1OC. The van der Waals surface area contributed by atoms with Gasteiger partial charge in [-0.25, -0.2) is 0 Å². The lowest BCUT2D eigenvalue weighted by Gasteiger charge is -2.24. The van der Waals surface area contributed by atoms with Gasteiger partial charge in [-0.2, -0.15) is 0 Å². The average molecular weight is 292 g/mol. The molecule has 1 aromatic heterocycles. The van der Waals surface area contributed by atoms with Crippen LogP contribution < -0.4 is 10.5 Å². The van der Waals surface area contributed by atoms with E-state index in [1.54, 1.807) is 25.2 Å². The van der Waals surface area contributed by atoms with E-state index in [0.717, 1.165) is 22.9 Å². The van der Waals surface area contributed by atoms with Crippen molar-refractivity contribution in [2.75, 3.05) is 7.11 Å². The van der Waals surface area contributed by atoms with Crippen molar-refractivity contribution < 1.29 is 4.74 Å². The quantitative estimate of drug-likeness (QED) is 0.828. The number of para-hydroxylation sites is 1. The number of nitrogens with two attached hydrogens (primary N) is 1. The molecule has 0 radical (unpaired) electrons. The Kier molecular flexibility index (Phi) is 5.03. The van der Waals surface area contributed by atoms with E-state index < -0.39 is 0 Å². The number of hydrogen-bond donors (Lipinski definition) is 1. The van der Waals surface area contributed by atoms with Crippen LogP contribution in [0.5, 0.6) is 5.75 Å². The zero-order valence-electron chi connectivity index (χ0n) is 12.0. The van der Waals surface area contributed by atoms with Gasteiger partial charge < -0.3 is 15.0 Å². The number of hydrogen-bond acceptors (Lipinski definition) is 5. The predicted octanol–water partition coefficient (Wildman–Crippen LogP) is 2.39. The van der Waals surface area contributed by atoms with Crippen LogP contribution >= 0.6 is 11.8 Å². The number of nitrogens with zero attached hydrogens (tertiary/aromatic N) is 3. The number of methoxy groups -OCH3 is 1. The van der Waals surface area contributed by atoms with Gasteiger partial charge in [0.2, 0.25) is 0 Å². The minimum Gasteiger partial charge on any atom is -0.496 e. The van der Waals surface area contributed by atoms with Gasteiger partial charge in [-0.1, -0.05) is 36.9 Å². The fourth-order valence-corrected chi connectivity index (χ4v) is 3.21. The molecule has 0 aliphatic rings. The van der Waals surface area contributed by atoms with E-state index in [9.17, 15) is 0 Å². The van der Waals surface area contributed by atoms with Gasteiger partial charge in [0.15, 0.2) is 5.16 Å². The molecule has 0 saturated carbocycles. The number of aromatic nitrogens is 3. The first-order chi connectivity index (χ1) is 9.67. The molecule has 0 bridgehead atoms. The fraction of sp³-hybridized carbons (Fsp3) is 0.429. The average Bonchev–Trinajstić information content (AvgIpc) is 2.89. The molecule has 0 aliphatic carbocycles. The number of thioether (sulfide) groups is 1. The second kappa shape index (κ2) is 6.76. The van der Waals surface area contributed by atoms with Gasteiger partial charge in [0, 0.05) is 18.7 Å². The minimum absolute atomic E-state index is 0.0213. The lowest BCUT2D eigenvalue weighted by Crippen LogP contribution is -2.26. The second-order valence-electron chi connectivity index (χ2n) is 4.58. The van der Waals surface area contributed by atoms with E-state index in [1.807, 2.05) is 29.8 Å². The largest absolute Gasteiger partial charge is 0.496 e. The molecule has 0 fully saturated rings. The van der Waals surface area contributed by atoms with Crippen LogP contribution in [0.2, 0.25) is 0 Å². The lowest BCUT2D eigenvalue weighted by atomic mass is 10.0. The number of aryl methyl sites for hydroxylation is 1. The first-order valence-corrected chi connectivity index (χ1v) is 7.44. The first kappa shape index (κ1) is 14.9. The smallest absolute Gasteiger partial charge is 0.191 e. The molecule has 2 atom stereocenters. The summed E-state index contributed by atoms with van der Waals surface area (Å²) in [5.41, 5.74) is 7.40. The predicted molar refractivity (Wildman–Crippen MR) is 80.9 cm³/mol. The summed E-state index contributed by atoms with van der Waals surface area (Å²) >= 11 is 1.62. The highest BCUT2D eigenvalue weighted by Crippen LogP contribution is 2.40. The molecule has 1 aromatic carbocycles. The molecule has 0 saturated heterocycles. The molecule has 2 rings (SSSR count). The van der Waals surface area contributed by atoms with Gasteiger partial charge in [-0.05, 0) is 12.5 Å². The van der Waals surface area contributed by atoms with Crippen LogP contribution in [0.15, 0.2) is 35.7 Å². The molecule has 2 unspecified atom stereocenters. The maximum Gasteiger partial charge on any atom is 0.191 e. The number of rotatable bonds is 6. The maximum absolute atomic E-state index is 6.31. The van der Waals surface area contributed by atoms with Crippen LogP contribution in [0, 0.1) is 0 Å². The summed E-state index contributed by atoms with van der Waals surface area (Å²) in [5, 5.41) is 8.98. The highest BCUT2D eigenvalue weighted by molar-refractivity contribution is 7.99. The van der Waals surface area contributed by atoms with Crippen molar-refractivity contribution >= 4 is 11.8 Å². The third-order valence-electron chi connectivity index (χ3n) is 3.21. The van der Waals surface area contributed by atoms with Crippen LogP contribution in [0.25, 0.3) is 0 Å². The summed E-state index contributed by atoms with van der Waals surface area (Å²) in [7, 11) is 3.61. The van der Waals surface area contributed by atoms with Crippen molar-refractivity contribution in [2.45, 2.75) is 29.8 Å². The van der Waals surface area contributed by atoms with Crippen LogP contribution in [0.3, 0.4) is 0 Å². The third kappa shape index (κ3) is 3.13. The van der Waals surface area contributed by atoms with Crippen molar-refractivity contribution in [1.29, 1.82) is 0 Å². The molecular weight excluding hydrogens is 272 g/mol. The molecule has 5 nitrogen and oxygen atoms in total. The highest BCUT2D eigenvalue weighted by Gasteiger charge is 2.24. The lowest BCUT2D eigenvalue weighted by molar-refractivity contribution is 0.407. The summed E-state index contributed by atoms with van der Waals surface area (Å²) in [6, 6.07) is 8.01. The van der Waals surface area contributed by atoms with Gasteiger partial charge in [0.1, 0.15) is 12.1 Å². The molecular formula is C14H20N4OS. The summed E-state index contributed by atoms with van der Waals surface area (Å²) in [4.78, 5) is 0. The summed E-state index contributed by atoms with van der Waals surface area (Å²) in [6.45, 7) is 2.09. The van der Waals surface area contributed by atoms with Crippen LogP contribution in [-0.2, 0) is 7.05 Å². The topological polar surface area (TPSA) is 66.0 Å². The Hall–Kier alpha value is -1.53. The Morgan fingerprint density at radius 3 is 2.75 bits per heavy atom. The Labute approximate surface area is 123 Å². The Bertz CT molecular complexity index is 558. The van der Waals surface area contributed by atoms with Crippen molar-refractivity contribution in [3.05, 3.63) is 36.2 Å². The molecule has 0 amide bonds. The highest BCUT2D eigenvalue weighted by atomic mass is 32.2. The van der Waals surface area contributed by atoms with E-state index >= 15 is 0 Å². The Morgan fingerprint density at radius 1 is 1.40 bits per heavy atom. The molecule has 2 N–H and O–H groups in total. The zero-order chi connectivity index (χ0) is 14.5. The van der Waals surface area contributed by atoms with Gasteiger partial charge in [0.25, 0.3) is 0 Å². The maximum atomic E-state index is 6.31. The standard InChI is InChI=1S/C14H20N4OS/c1-4-11(15)13(20-14-17-16-9-18(14)2)10-7-5-6-8-12(10)19-3/h5-9,11,13H,4,15H2,1-3H3. The second-order valence-corrected chi connectivity index (χ2v) is 5.69. The monoisotopic (exact) mass is 292 g/mol. The summed E-state index contributed by atoms with van der Waals surface area (Å²) < 4.78 is 7.36. The van der Waals surface area contributed by atoms with Crippen LogP contribution in [0.4, 0.5) is 0 Å². The third-order valence-corrected chi connectivity index (χ3v) is 4.65. The van der Waals surface area contributed by atoms with E-state index in [1.165, 1.54) is 0 Å². The Morgan fingerprint density at radius 2 is 2.15 bits per heavy atom. The van der Waals surface area contributed by atoms with Gasteiger partial charge in [0.05, 0.1) is 12.4 Å². The summed E-state index contributed by atoms with van der Waals surface area (Å²) in [6.07, 6.45) is 2.58. The van der Waals surface area contributed by atoms with Gasteiger partial charge >= 0.3 is 0 Å². The molecule has 108 valence electrons. The van der Waals surface area contributed by atoms with Crippen LogP contribution in [0.1, 0.15) is 24.2 Å². The van der Waals surface area contributed by atoms with Crippen molar-refractivity contribution in [3.63, 3.8) is 0 Å². The van der Waals surface area contributed by atoms with Gasteiger partial charge in [-0.15, -0.1) is 10.2 Å². The normalized spacial score (nSPS) is 14.0. The first-order valence-electron chi connectivity index (χ1n) is 6.56. The number of ether oxygens (including phenoxy) is 1. The molecule has 1 heterocycles. The number of benzene rings is 1. The zero-order valence-corrected chi connectivity index (χ0v) is 12.8. The molecule has 20 heavy (non-hydrogen) atoms. The van der Waals surface area contributed by atoms with E-state index in [0.29, 0.717) is 0 Å². The fourth-order valence-electron chi connectivity index (χ4n) is 1.99. The van der Waals surface area contributed by atoms with E-state index in [2.05, 4.69) is 23.2 Å². The molecule has 6 heteroatoms. The Balaban J connectivity index is 2.35. The minimum atomic E-state index is 0.0213. The van der Waals surface area contributed by atoms with Crippen molar-refractivity contribution in [1.82, 2.24) is 14.8 Å². The molecule has 0 aliphatic heterocycles. The van der Waals surface area contributed by atoms with E-state index in [-0.39, 0.29) is 11.3 Å².